The smallest absolute Gasteiger partial charge is 0.234 e. The van der Waals surface area contributed by atoms with Crippen molar-refractivity contribution in [3.05, 3.63) is 60.2 Å². The van der Waals surface area contributed by atoms with E-state index in [-0.39, 0.29) is 24.2 Å². The molecule has 0 saturated carbocycles. The van der Waals surface area contributed by atoms with E-state index in [2.05, 4.69) is 29.6 Å². The van der Waals surface area contributed by atoms with Gasteiger partial charge in [0.25, 0.3) is 0 Å². The number of amides is 1. The molecule has 1 amide bonds. The van der Waals surface area contributed by atoms with Gasteiger partial charge in [-0.15, -0.1) is 0 Å². The fourth-order valence-corrected chi connectivity index (χ4v) is 3.11. The van der Waals surface area contributed by atoms with Crippen LogP contribution in [0.25, 0.3) is 11.1 Å². The summed E-state index contributed by atoms with van der Waals surface area (Å²) < 4.78 is 0. The first kappa shape index (κ1) is 19.9. The van der Waals surface area contributed by atoms with Crippen molar-refractivity contribution in [3.63, 3.8) is 0 Å². The third-order valence-electron chi connectivity index (χ3n) is 4.38. The van der Waals surface area contributed by atoms with Crippen LogP contribution in [-0.2, 0) is 16.1 Å². The van der Waals surface area contributed by atoms with Gasteiger partial charge < -0.3 is 5.32 Å². The Hall–Kier alpha value is -2.46. The molecule has 0 aliphatic rings. The maximum atomic E-state index is 12.3. The summed E-state index contributed by atoms with van der Waals surface area (Å²) in [5.74, 6) is -0.0513. The van der Waals surface area contributed by atoms with Crippen molar-refractivity contribution in [1.82, 2.24) is 10.2 Å². The molecule has 1 atom stereocenters. The Morgan fingerprint density at radius 1 is 1.00 bits per heavy atom. The summed E-state index contributed by atoms with van der Waals surface area (Å²) in [6.07, 6.45) is 0. The predicted molar refractivity (Wildman–Crippen MR) is 106 cm³/mol. The number of carbonyl (C=O) groups is 2. The van der Waals surface area contributed by atoms with Crippen LogP contribution in [0, 0.1) is 5.92 Å². The summed E-state index contributed by atoms with van der Waals surface area (Å²) in [6.45, 7) is 6.30. The summed E-state index contributed by atoms with van der Waals surface area (Å²) in [6, 6.07) is 18.0. The lowest BCUT2D eigenvalue weighted by Gasteiger charge is -2.23. The first-order chi connectivity index (χ1) is 12.4. The maximum Gasteiger partial charge on any atom is 0.234 e. The standard InChI is InChI=1S/C22H28N2O2/c1-16(2)22(17(3)25)23-21(26)15-24(4)14-19-12-8-9-13-20(19)18-10-6-5-7-11-18/h5-13,16,22H,14-15H2,1-4H3,(H,23,26). The molecule has 1 unspecified atom stereocenters. The van der Waals surface area contributed by atoms with Crippen molar-refractivity contribution >= 4 is 11.7 Å². The maximum absolute atomic E-state index is 12.3. The number of hydrogen-bond donors (Lipinski definition) is 1. The second-order valence-corrected chi connectivity index (χ2v) is 7.10. The number of rotatable bonds is 8. The summed E-state index contributed by atoms with van der Waals surface area (Å²) in [5.41, 5.74) is 3.50. The SMILES string of the molecule is CC(=O)C(NC(=O)CN(C)Cc1ccccc1-c1ccccc1)C(C)C. The molecular formula is C22H28N2O2. The average Bonchev–Trinajstić information content (AvgIpc) is 2.60. The lowest BCUT2D eigenvalue weighted by atomic mass is 9.99. The highest BCUT2D eigenvalue weighted by Crippen LogP contribution is 2.24. The highest BCUT2D eigenvalue weighted by atomic mass is 16.2. The van der Waals surface area contributed by atoms with Crippen LogP contribution < -0.4 is 5.32 Å². The van der Waals surface area contributed by atoms with Gasteiger partial charge in [-0.25, -0.2) is 0 Å². The molecule has 0 saturated heterocycles. The summed E-state index contributed by atoms with van der Waals surface area (Å²) in [7, 11) is 1.92. The molecule has 0 heterocycles. The molecule has 4 heteroatoms. The molecule has 138 valence electrons. The van der Waals surface area contributed by atoms with Crippen molar-refractivity contribution in [2.24, 2.45) is 5.92 Å². The zero-order valence-corrected chi connectivity index (χ0v) is 16.0. The van der Waals surface area contributed by atoms with Crippen LogP contribution in [0.5, 0.6) is 0 Å². The van der Waals surface area contributed by atoms with Gasteiger partial charge >= 0.3 is 0 Å². The second kappa shape index (κ2) is 9.30. The minimum Gasteiger partial charge on any atom is -0.345 e. The molecule has 26 heavy (non-hydrogen) atoms. The lowest BCUT2D eigenvalue weighted by Crippen LogP contribution is -2.46. The highest BCUT2D eigenvalue weighted by Gasteiger charge is 2.21. The third-order valence-corrected chi connectivity index (χ3v) is 4.38. The molecule has 2 rings (SSSR count). The Kier molecular flexibility index (Phi) is 7.10. The topological polar surface area (TPSA) is 49.4 Å². The van der Waals surface area contributed by atoms with Crippen LogP contribution in [-0.4, -0.2) is 36.2 Å². The number of likely N-dealkylation sites (N-methyl/N-ethyl adjacent to an activating group) is 1. The molecule has 0 aromatic heterocycles. The van der Waals surface area contributed by atoms with Crippen LogP contribution in [0.3, 0.4) is 0 Å². The van der Waals surface area contributed by atoms with E-state index in [4.69, 9.17) is 0 Å². The predicted octanol–water partition coefficient (Wildman–Crippen LogP) is 3.52. The van der Waals surface area contributed by atoms with Crippen molar-refractivity contribution in [2.75, 3.05) is 13.6 Å². The summed E-state index contributed by atoms with van der Waals surface area (Å²) >= 11 is 0. The van der Waals surface area contributed by atoms with E-state index in [1.807, 2.05) is 56.1 Å². The third kappa shape index (κ3) is 5.53. The van der Waals surface area contributed by atoms with Gasteiger partial charge in [0.15, 0.2) is 5.78 Å². The molecule has 0 radical (unpaired) electrons. The molecular weight excluding hydrogens is 324 g/mol. The molecule has 2 aromatic rings. The van der Waals surface area contributed by atoms with E-state index in [0.717, 1.165) is 5.56 Å². The van der Waals surface area contributed by atoms with E-state index in [0.29, 0.717) is 6.54 Å². The Bertz CT molecular complexity index is 741. The normalized spacial score (nSPS) is 12.2. The van der Waals surface area contributed by atoms with Gasteiger partial charge in [0, 0.05) is 6.54 Å². The van der Waals surface area contributed by atoms with Crippen LogP contribution in [0.1, 0.15) is 26.3 Å². The fraction of sp³-hybridized carbons (Fsp3) is 0.364. The molecule has 0 aliphatic heterocycles. The molecule has 0 spiro atoms. The van der Waals surface area contributed by atoms with E-state index in [9.17, 15) is 9.59 Å². The van der Waals surface area contributed by atoms with E-state index in [1.165, 1.54) is 18.1 Å². The number of ketones is 1. The van der Waals surface area contributed by atoms with E-state index in [1.54, 1.807) is 0 Å². The summed E-state index contributed by atoms with van der Waals surface area (Å²) in [5, 5.41) is 2.85. The Morgan fingerprint density at radius 2 is 1.62 bits per heavy atom. The monoisotopic (exact) mass is 352 g/mol. The van der Waals surface area contributed by atoms with Gasteiger partial charge in [-0.05, 0) is 36.6 Å². The fourth-order valence-electron chi connectivity index (χ4n) is 3.11. The van der Waals surface area contributed by atoms with Crippen LogP contribution in [0.2, 0.25) is 0 Å². The van der Waals surface area contributed by atoms with Crippen LogP contribution in [0.4, 0.5) is 0 Å². The van der Waals surface area contributed by atoms with Crippen LogP contribution >= 0.6 is 0 Å². The molecule has 0 bridgehead atoms. The van der Waals surface area contributed by atoms with E-state index < -0.39 is 6.04 Å². The minimum atomic E-state index is -0.424. The Morgan fingerprint density at radius 3 is 2.23 bits per heavy atom. The molecule has 1 N–H and O–H groups in total. The minimum absolute atomic E-state index is 0.00886. The van der Waals surface area contributed by atoms with Gasteiger partial charge in [-0.1, -0.05) is 68.4 Å². The zero-order valence-electron chi connectivity index (χ0n) is 16.0. The number of Topliss-reactive ketones (excluding diaryl/α,β-unsaturated/α-hetero) is 1. The first-order valence-corrected chi connectivity index (χ1v) is 9.00. The zero-order chi connectivity index (χ0) is 19.1. The largest absolute Gasteiger partial charge is 0.345 e. The number of carbonyl (C=O) groups excluding carboxylic acids is 2. The highest BCUT2D eigenvalue weighted by molar-refractivity contribution is 5.88. The van der Waals surface area contributed by atoms with Gasteiger partial charge in [-0.3, -0.25) is 14.5 Å². The van der Waals surface area contributed by atoms with Gasteiger partial charge in [0.2, 0.25) is 5.91 Å². The van der Waals surface area contributed by atoms with Crippen LogP contribution in [0.15, 0.2) is 54.6 Å². The number of benzene rings is 2. The molecule has 0 fully saturated rings. The van der Waals surface area contributed by atoms with Gasteiger partial charge in [-0.2, -0.15) is 0 Å². The Labute approximate surface area is 156 Å². The summed E-state index contributed by atoms with van der Waals surface area (Å²) in [4.78, 5) is 26.0. The quantitative estimate of drug-likeness (QED) is 0.791. The van der Waals surface area contributed by atoms with Crippen molar-refractivity contribution in [2.45, 2.75) is 33.4 Å². The Balaban J connectivity index is 2.03. The van der Waals surface area contributed by atoms with Crippen molar-refractivity contribution in [3.8, 4) is 11.1 Å². The molecule has 0 aliphatic carbocycles. The van der Waals surface area contributed by atoms with Gasteiger partial charge in [0.05, 0.1) is 12.6 Å². The molecule has 2 aromatic carbocycles. The van der Waals surface area contributed by atoms with Crippen molar-refractivity contribution < 1.29 is 9.59 Å². The number of hydrogen-bond acceptors (Lipinski definition) is 3. The first-order valence-electron chi connectivity index (χ1n) is 9.00. The number of nitrogens with one attached hydrogen (secondary N) is 1. The second-order valence-electron chi connectivity index (χ2n) is 7.10. The van der Waals surface area contributed by atoms with Crippen molar-refractivity contribution in [1.29, 1.82) is 0 Å². The van der Waals surface area contributed by atoms with Gasteiger partial charge in [0.1, 0.15) is 0 Å². The molecule has 4 nitrogen and oxygen atoms in total. The lowest BCUT2D eigenvalue weighted by molar-refractivity contribution is -0.128. The van der Waals surface area contributed by atoms with E-state index >= 15 is 0 Å². The average molecular weight is 352 g/mol. The number of nitrogens with zero attached hydrogens (tertiary/aromatic N) is 1.